The van der Waals surface area contributed by atoms with Crippen LogP contribution in [-0.2, 0) is 11.3 Å². The van der Waals surface area contributed by atoms with Gasteiger partial charge < -0.3 is 20.2 Å². The van der Waals surface area contributed by atoms with E-state index in [2.05, 4.69) is 20.3 Å². The van der Waals surface area contributed by atoms with Crippen molar-refractivity contribution in [1.29, 1.82) is 0 Å². The lowest BCUT2D eigenvalue weighted by atomic mass is 10.3. The second kappa shape index (κ2) is 6.73. The number of hydrogen-bond donors (Lipinski definition) is 2. The molecule has 0 saturated heterocycles. The monoisotopic (exact) mass is 329 g/mol. The van der Waals surface area contributed by atoms with E-state index in [4.69, 9.17) is 14.9 Å². The van der Waals surface area contributed by atoms with Crippen LogP contribution >= 0.6 is 0 Å². The topological polar surface area (TPSA) is 116 Å². The Morgan fingerprint density at radius 1 is 1.21 bits per heavy atom. The number of benzene rings is 1. The van der Waals surface area contributed by atoms with Gasteiger partial charge in [-0.2, -0.15) is 15.0 Å². The quantitative estimate of drug-likeness (QED) is 0.685. The van der Waals surface area contributed by atoms with Crippen LogP contribution in [0.15, 0.2) is 47.1 Å². The molecule has 0 fully saturated rings. The first kappa shape index (κ1) is 15.4. The smallest absolute Gasteiger partial charge is 0.374 e. The van der Waals surface area contributed by atoms with Crippen LogP contribution in [0.5, 0.6) is 0 Å². The number of nitrogen functional groups attached to an aromatic ring is 1. The Balaban J connectivity index is 1.69. The maximum atomic E-state index is 12.9. The molecule has 2 aromatic heterocycles. The molecule has 0 aliphatic heterocycles. The SMILES string of the molecule is Nc1nc(COC(=O)c2ccco2)nc(Nc2ccc(F)cc2)n1. The molecule has 0 bridgehead atoms. The molecule has 0 spiro atoms. The maximum Gasteiger partial charge on any atom is 0.374 e. The summed E-state index contributed by atoms with van der Waals surface area (Å²) in [6.07, 6.45) is 1.36. The highest BCUT2D eigenvalue weighted by molar-refractivity contribution is 5.86. The normalized spacial score (nSPS) is 10.4. The zero-order valence-electron chi connectivity index (χ0n) is 12.3. The number of nitrogens with one attached hydrogen (secondary N) is 1. The molecule has 0 aliphatic rings. The molecule has 0 saturated carbocycles. The largest absolute Gasteiger partial charge is 0.457 e. The number of hydrogen-bond acceptors (Lipinski definition) is 8. The summed E-state index contributed by atoms with van der Waals surface area (Å²) in [4.78, 5) is 23.6. The minimum Gasteiger partial charge on any atom is -0.457 e. The third-order valence-electron chi connectivity index (χ3n) is 2.85. The van der Waals surface area contributed by atoms with Crippen LogP contribution in [-0.4, -0.2) is 20.9 Å². The molecule has 3 aromatic rings. The van der Waals surface area contributed by atoms with Crippen molar-refractivity contribution >= 4 is 23.6 Å². The zero-order chi connectivity index (χ0) is 16.9. The van der Waals surface area contributed by atoms with Gasteiger partial charge in [-0.25, -0.2) is 9.18 Å². The van der Waals surface area contributed by atoms with Crippen molar-refractivity contribution in [2.24, 2.45) is 0 Å². The highest BCUT2D eigenvalue weighted by atomic mass is 19.1. The molecule has 3 N–H and O–H groups in total. The number of rotatable bonds is 5. The highest BCUT2D eigenvalue weighted by Crippen LogP contribution is 2.14. The Kier molecular flexibility index (Phi) is 4.32. The first-order chi connectivity index (χ1) is 11.6. The third kappa shape index (κ3) is 3.83. The summed E-state index contributed by atoms with van der Waals surface area (Å²) >= 11 is 0. The molecule has 1 aromatic carbocycles. The van der Waals surface area contributed by atoms with Gasteiger partial charge in [-0.05, 0) is 36.4 Å². The van der Waals surface area contributed by atoms with Crippen LogP contribution < -0.4 is 11.1 Å². The van der Waals surface area contributed by atoms with Gasteiger partial charge in [-0.3, -0.25) is 0 Å². The second-order valence-electron chi connectivity index (χ2n) is 4.62. The Bertz CT molecular complexity index is 837. The van der Waals surface area contributed by atoms with E-state index in [1.165, 1.54) is 36.6 Å². The van der Waals surface area contributed by atoms with Gasteiger partial charge in [0.15, 0.2) is 12.4 Å². The molecule has 0 unspecified atom stereocenters. The van der Waals surface area contributed by atoms with Gasteiger partial charge in [0.2, 0.25) is 17.7 Å². The van der Waals surface area contributed by atoms with E-state index in [1.54, 1.807) is 6.07 Å². The van der Waals surface area contributed by atoms with Crippen molar-refractivity contribution in [1.82, 2.24) is 15.0 Å². The van der Waals surface area contributed by atoms with Gasteiger partial charge >= 0.3 is 5.97 Å². The second-order valence-corrected chi connectivity index (χ2v) is 4.62. The summed E-state index contributed by atoms with van der Waals surface area (Å²) in [5, 5.41) is 2.86. The van der Waals surface area contributed by atoms with Gasteiger partial charge in [0.1, 0.15) is 5.82 Å². The lowest BCUT2D eigenvalue weighted by Gasteiger charge is -2.07. The fraction of sp³-hybridized carbons (Fsp3) is 0.0667. The van der Waals surface area contributed by atoms with Crippen LogP contribution in [0.4, 0.5) is 22.0 Å². The van der Waals surface area contributed by atoms with Crippen molar-refractivity contribution in [2.75, 3.05) is 11.1 Å². The van der Waals surface area contributed by atoms with E-state index in [0.29, 0.717) is 5.69 Å². The number of furan rings is 1. The fourth-order valence-electron chi connectivity index (χ4n) is 1.82. The first-order valence-electron chi connectivity index (χ1n) is 6.84. The van der Waals surface area contributed by atoms with E-state index in [-0.39, 0.29) is 35.9 Å². The van der Waals surface area contributed by atoms with Crippen molar-refractivity contribution in [3.8, 4) is 0 Å². The van der Waals surface area contributed by atoms with Crippen LogP contribution in [0.2, 0.25) is 0 Å². The third-order valence-corrected chi connectivity index (χ3v) is 2.85. The van der Waals surface area contributed by atoms with Gasteiger partial charge in [0, 0.05) is 5.69 Å². The molecule has 2 heterocycles. The summed E-state index contributed by atoms with van der Waals surface area (Å²) in [6, 6.07) is 8.67. The van der Waals surface area contributed by atoms with Crippen LogP contribution in [0.3, 0.4) is 0 Å². The average Bonchev–Trinajstić information content (AvgIpc) is 3.09. The summed E-state index contributed by atoms with van der Waals surface area (Å²) in [7, 11) is 0. The summed E-state index contributed by atoms with van der Waals surface area (Å²) in [5.74, 6) is -0.668. The van der Waals surface area contributed by atoms with Crippen molar-refractivity contribution in [3.63, 3.8) is 0 Å². The Hall–Kier alpha value is -3.49. The minimum absolute atomic E-state index is 0.0429. The summed E-state index contributed by atoms with van der Waals surface area (Å²) < 4.78 is 22.9. The van der Waals surface area contributed by atoms with E-state index in [1.807, 2.05) is 0 Å². The number of nitrogens with two attached hydrogens (primary N) is 1. The predicted molar refractivity (Wildman–Crippen MR) is 81.7 cm³/mol. The Labute approximate surface area is 135 Å². The number of anilines is 3. The van der Waals surface area contributed by atoms with Crippen molar-refractivity contribution in [2.45, 2.75) is 6.61 Å². The van der Waals surface area contributed by atoms with Gasteiger partial charge in [-0.1, -0.05) is 0 Å². The van der Waals surface area contributed by atoms with E-state index < -0.39 is 5.97 Å². The Morgan fingerprint density at radius 3 is 2.71 bits per heavy atom. The lowest BCUT2D eigenvalue weighted by molar-refractivity contribution is 0.0425. The molecule has 3 rings (SSSR count). The average molecular weight is 329 g/mol. The number of ether oxygens (including phenoxy) is 1. The predicted octanol–water partition coefficient (Wildman–Crippen LogP) is 2.29. The van der Waals surface area contributed by atoms with E-state index in [0.717, 1.165) is 0 Å². The van der Waals surface area contributed by atoms with E-state index >= 15 is 0 Å². The molecule has 122 valence electrons. The number of aromatic nitrogens is 3. The number of nitrogens with zero attached hydrogens (tertiary/aromatic N) is 3. The van der Waals surface area contributed by atoms with Crippen LogP contribution in [0.1, 0.15) is 16.4 Å². The molecule has 0 atom stereocenters. The molecule has 0 amide bonds. The molecule has 0 aliphatic carbocycles. The Morgan fingerprint density at radius 2 is 2.00 bits per heavy atom. The maximum absolute atomic E-state index is 12.9. The molecule has 0 radical (unpaired) electrons. The number of halogens is 1. The van der Waals surface area contributed by atoms with Crippen LogP contribution in [0.25, 0.3) is 0 Å². The van der Waals surface area contributed by atoms with Crippen LogP contribution in [0, 0.1) is 5.82 Å². The molecular weight excluding hydrogens is 317 g/mol. The fourth-order valence-corrected chi connectivity index (χ4v) is 1.82. The van der Waals surface area contributed by atoms with Crippen molar-refractivity contribution < 1.29 is 18.3 Å². The van der Waals surface area contributed by atoms with E-state index in [9.17, 15) is 9.18 Å². The van der Waals surface area contributed by atoms with Gasteiger partial charge in [-0.15, -0.1) is 0 Å². The molecule has 8 nitrogen and oxygen atoms in total. The highest BCUT2D eigenvalue weighted by Gasteiger charge is 2.12. The molecule has 24 heavy (non-hydrogen) atoms. The number of esters is 1. The summed E-state index contributed by atoms with van der Waals surface area (Å²) in [5.41, 5.74) is 6.19. The molecule has 9 heteroatoms. The number of carbonyl (C=O) groups is 1. The lowest BCUT2D eigenvalue weighted by Crippen LogP contribution is -2.10. The van der Waals surface area contributed by atoms with Gasteiger partial charge in [0.25, 0.3) is 0 Å². The van der Waals surface area contributed by atoms with Crippen molar-refractivity contribution in [3.05, 3.63) is 60.1 Å². The first-order valence-corrected chi connectivity index (χ1v) is 6.84. The summed E-state index contributed by atoms with van der Waals surface area (Å²) in [6.45, 7) is -0.204. The zero-order valence-corrected chi connectivity index (χ0v) is 12.3. The standard InChI is InChI=1S/C15H12FN5O3/c16-9-3-5-10(6-4-9)18-15-20-12(19-14(17)21-15)8-24-13(22)11-2-1-7-23-11/h1-7H,8H2,(H3,17,18,19,20,21). The molecular formula is C15H12FN5O3. The minimum atomic E-state index is -0.646. The van der Waals surface area contributed by atoms with Gasteiger partial charge in [0.05, 0.1) is 6.26 Å². The number of carbonyl (C=O) groups excluding carboxylic acids is 1.